The average molecular weight is 673 g/mol. The van der Waals surface area contributed by atoms with Gasteiger partial charge in [-0.1, -0.05) is 193 Å². The van der Waals surface area contributed by atoms with Crippen LogP contribution in [0.25, 0.3) is 0 Å². The molecule has 0 amide bonds. The number of carbonyl (C=O) groups excluding carboxylic acids is 1. The first kappa shape index (κ1) is 35.4. The fraction of sp³-hybridized carbons (Fsp3) is 0.262. The zero-order valence-corrected chi connectivity index (χ0v) is 31.0. The molecule has 0 radical (unpaired) electrons. The van der Waals surface area contributed by atoms with Gasteiger partial charge in [0.1, 0.15) is 12.2 Å². The lowest BCUT2D eigenvalue weighted by atomic mass is 10.0. The largest absolute Gasteiger partial charge is 0.400 e. The van der Waals surface area contributed by atoms with E-state index in [1.165, 1.54) is 0 Å². The highest BCUT2D eigenvalue weighted by molar-refractivity contribution is 7.00. The molecule has 6 heteroatoms. The summed E-state index contributed by atoms with van der Waals surface area (Å²) in [5, 5.41) is 15.7. The second kappa shape index (κ2) is 14.7. The molecule has 1 N–H and O–H groups in total. The van der Waals surface area contributed by atoms with E-state index >= 15 is 0 Å². The molecule has 0 fully saturated rings. The smallest absolute Gasteiger partial charge is 0.262 e. The molecule has 4 nitrogen and oxygen atoms in total. The summed E-state index contributed by atoms with van der Waals surface area (Å²) >= 11 is 0. The maximum Gasteiger partial charge on any atom is 0.262 e. The van der Waals surface area contributed by atoms with Gasteiger partial charge in [0.15, 0.2) is 5.78 Å². The Morgan fingerprint density at radius 1 is 0.542 bits per heavy atom. The molecule has 2 atom stereocenters. The van der Waals surface area contributed by atoms with Gasteiger partial charge in [-0.15, -0.1) is 0 Å². The maximum atomic E-state index is 14.9. The SMILES string of the molecule is CC(C)(C)[Si](OCC(=O)[C@H](O[Si](c1ccccc1)(c1ccccc1)C(C)(C)C)[C@@H](O)c1ccccc1)(c1ccccc1)c1ccccc1. The van der Waals surface area contributed by atoms with Crippen LogP contribution in [-0.4, -0.2) is 40.2 Å². The van der Waals surface area contributed by atoms with Gasteiger partial charge in [0.25, 0.3) is 16.6 Å². The highest BCUT2D eigenvalue weighted by Gasteiger charge is 2.54. The summed E-state index contributed by atoms with van der Waals surface area (Å²) in [7, 11) is -6.28. The molecule has 48 heavy (non-hydrogen) atoms. The van der Waals surface area contributed by atoms with E-state index in [0.717, 1.165) is 20.7 Å². The van der Waals surface area contributed by atoms with E-state index in [-0.39, 0.29) is 17.4 Å². The van der Waals surface area contributed by atoms with E-state index in [1.807, 2.05) is 103 Å². The quantitative estimate of drug-likeness (QED) is 0.148. The minimum absolute atomic E-state index is 0.208. The van der Waals surface area contributed by atoms with Crippen LogP contribution in [0.2, 0.25) is 10.1 Å². The molecule has 0 heterocycles. The Bertz CT molecular complexity index is 1650. The van der Waals surface area contributed by atoms with E-state index in [2.05, 4.69) is 90.1 Å². The molecular weight excluding hydrogens is 625 g/mol. The average Bonchev–Trinajstić information content (AvgIpc) is 3.10. The van der Waals surface area contributed by atoms with Gasteiger partial charge < -0.3 is 14.0 Å². The zero-order chi connectivity index (χ0) is 34.4. The van der Waals surface area contributed by atoms with Crippen molar-refractivity contribution in [1.82, 2.24) is 0 Å². The number of hydrogen-bond donors (Lipinski definition) is 1. The monoisotopic (exact) mass is 672 g/mol. The molecule has 0 unspecified atom stereocenters. The highest BCUT2D eigenvalue weighted by Crippen LogP contribution is 2.40. The van der Waals surface area contributed by atoms with Crippen LogP contribution in [-0.2, 0) is 13.6 Å². The van der Waals surface area contributed by atoms with Crippen LogP contribution in [0.5, 0.6) is 0 Å². The molecular formula is C42H48O4Si2. The predicted molar refractivity (Wildman–Crippen MR) is 202 cm³/mol. The second-order valence-electron chi connectivity index (χ2n) is 14.5. The summed E-state index contributed by atoms with van der Waals surface area (Å²) in [5.74, 6) is -0.285. The van der Waals surface area contributed by atoms with E-state index < -0.39 is 33.9 Å². The lowest BCUT2D eigenvalue weighted by molar-refractivity contribution is -0.134. The van der Waals surface area contributed by atoms with Gasteiger partial charge in [0.05, 0.1) is 6.61 Å². The first-order valence-electron chi connectivity index (χ1n) is 16.7. The van der Waals surface area contributed by atoms with Crippen molar-refractivity contribution in [3.63, 3.8) is 0 Å². The molecule has 0 aliphatic heterocycles. The van der Waals surface area contributed by atoms with Gasteiger partial charge in [-0.3, -0.25) is 4.79 Å². The Kier molecular flexibility index (Phi) is 10.8. The molecule has 0 aliphatic rings. The van der Waals surface area contributed by atoms with Crippen LogP contribution in [0.3, 0.4) is 0 Å². The van der Waals surface area contributed by atoms with Gasteiger partial charge in [-0.2, -0.15) is 0 Å². The van der Waals surface area contributed by atoms with E-state index in [4.69, 9.17) is 8.85 Å². The van der Waals surface area contributed by atoms with E-state index in [1.54, 1.807) is 0 Å². The number of aliphatic hydroxyl groups excluding tert-OH is 1. The number of aliphatic hydroxyl groups is 1. The van der Waals surface area contributed by atoms with E-state index in [0.29, 0.717) is 5.56 Å². The van der Waals surface area contributed by atoms with Gasteiger partial charge in [0.2, 0.25) is 0 Å². The van der Waals surface area contributed by atoms with Gasteiger partial charge in [-0.05, 0) is 36.4 Å². The van der Waals surface area contributed by atoms with Crippen LogP contribution in [0.4, 0.5) is 0 Å². The molecule has 248 valence electrons. The molecule has 0 aliphatic carbocycles. The minimum atomic E-state index is -3.24. The first-order valence-corrected chi connectivity index (χ1v) is 20.5. The van der Waals surface area contributed by atoms with Gasteiger partial charge in [-0.25, -0.2) is 0 Å². The molecule has 0 aromatic heterocycles. The van der Waals surface area contributed by atoms with Crippen molar-refractivity contribution in [2.45, 2.75) is 63.8 Å². The number of ketones is 1. The molecule has 0 saturated heterocycles. The third-order valence-corrected chi connectivity index (χ3v) is 19.3. The van der Waals surface area contributed by atoms with Crippen molar-refractivity contribution in [3.05, 3.63) is 157 Å². The van der Waals surface area contributed by atoms with Gasteiger partial charge >= 0.3 is 0 Å². The van der Waals surface area contributed by atoms with Crippen LogP contribution in [0, 0.1) is 0 Å². The van der Waals surface area contributed by atoms with Crippen LogP contribution in [0.15, 0.2) is 152 Å². The number of Topliss-reactive ketones (excluding diaryl/α,β-unsaturated/α-hetero) is 1. The second-order valence-corrected chi connectivity index (χ2v) is 23.0. The fourth-order valence-electron chi connectivity index (χ4n) is 7.04. The Balaban J connectivity index is 1.65. The summed E-state index contributed by atoms with van der Waals surface area (Å²) in [6, 6.07) is 50.4. The number of benzene rings is 5. The molecule has 0 spiro atoms. The summed E-state index contributed by atoms with van der Waals surface area (Å²) in [4.78, 5) is 14.9. The molecule has 5 aromatic carbocycles. The van der Waals surface area contributed by atoms with Gasteiger partial charge in [0, 0.05) is 0 Å². The maximum absolute atomic E-state index is 14.9. The summed E-state index contributed by atoms with van der Waals surface area (Å²) in [5.41, 5.74) is 0.624. The minimum Gasteiger partial charge on any atom is -0.400 e. The van der Waals surface area contributed by atoms with Crippen molar-refractivity contribution >= 4 is 43.2 Å². The lowest BCUT2D eigenvalue weighted by Crippen LogP contribution is -2.69. The topological polar surface area (TPSA) is 55.8 Å². The molecule has 5 rings (SSSR count). The molecule has 0 bridgehead atoms. The van der Waals surface area contributed by atoms with Crippen LogP contribution < -0.4 is 20.7 Å². The normalized spacial score (nSPS) is 13.9. The Morgan fingerprint density at radius 2 is 0.854 bits per heavy atom. The Hall–Kier alpha value is -3.92. The summed E-state index contributed by atoms with van der Waals surface area (Å²) in [6.45, 7) is 12.9. The lowest BCUT2D eigenvalue weighted by Gasteiger charge is -2.46. The van der Waals surface area contributed by atoms with Crippen LogP contribution >= 0.6 is 0 Å². The first-order chi connectivity index (χ1) is 22.9. The van der Waals surface area contributed by atoms with Crippen molar-refractivity contribution in [1.29, 1.82) is 0 Å². The standard InChI is InChI=1S/C42H48O4Si2/c1-41(2,3)47(34-24-14-8-15-25-34,35-26-16-9-17-27-35)45-32-38(43)40(39(44)33-22-12-7-13-23-33)46-48(42(4,5)6,36-28-18-10-19-29-36)37-30-20-11-21-31-37/h7-31,39-40,44H,32H2,1-6H3/t39-,40-/m0/s1. The van der Waals surface area contributed by atoms with Crippen molar-refractivity contribution in [2.75, 3.05) is 6.61 Å². The highest BCUT2D eigenvalue weighted by atomic mass is 28.4. The molecule has 5 aromatic rings. The number of rotatable bonds is 12. The molecule has 0 saturated carbocycles. The Labute approximate surface area is 288 Å². The third kappa shape index (κ3) is 6.95. The van der Waals surface area contributed by atoms with Crippen LogP contribution in [0.1, 0.15) is 53.2 Å². The van der Waals surface area contributed by atoms with E-state index in [9.17, 15) is 9.90 Å². The van der Waals surface area contributed by atoms with Crippen molar-refractivity contribution < 1.29 is 18.8 Å². The summed E-state index contributed by atoms with van der Waals surface area (Å²) < 4.78 is 14.5. The number of carbonyl (C=O) groups is 1. The summed E-state index contributed by atoms with van der Waals surface area (Å²) in [6.07, 6.45) is -2.39. The predicted octanol–water partition coefficient (Wildman–Crippen LogP) is 6.81. The zero-order valence-electron chi connectivity index (χ0n) is 29.0. The third-order valence-electron chi connectivity index (χ3n) is 9.31. The Morgan fingerprint density at radius 3 is 1.19 bits per heavy atom. The van der Waals surface area contributed by atoms with Crippen molar-refractivity contribution in [3.8, 4) is 0 Å². The number of hydrogen-bond acceptors (Lipinski definition) is 4. The fourth-order valence-corrected chi connectivity index (χ4v) is 16.2. The van der Waals surface area contributed by atoms with Crippen molar-refractivity contribution in [2.24, 2.45) is 0 Å².